The average molecular weight is 595 g/mol. The van der Waals surface area contributed by atoms with Crippen LogP contribution in [0.5, 0.6) is 0 Å². The van der Waals surface area contributed by atoms with Gasteiger partial charge in [0.25, 0.3) is 0 Å². The molecule has 2 fully saturated rings. The largest absolute Gasteiger partial charge is 0.462 e. The molecule has 0 aromatic carbocycles. The highest BCUT2D eigenvalue weighted by Gasteiger charge is 2.53. The molecule has 14 heteroatoms. The van der Waals surface area contributed by atoms with Gasteiger partial charge in [0.15, 0.2) is 18.7 Å². The second kappa shape index (κ2) is 13.2. The Morgan fingerprint density at radius 3 is 1.51 bits per heavy atom. The quantitative estimate of drug-likeness (QED) is 0.184. The van der Waals surface area contributed by atoms with Crippen molar-refractivity contribution in [1.82, 2.24) is 0 Å². The van der Waals surface area contributed by atoms with E-state index in [-0.39, 0.29) is 0 Å². The number of aliphatic hydroxyl groups is 5. The molecule has 0 spiro atoms. The standard InChI is InChI=1S/C27H46O14/c1-25(2,3)22(33)36-10-12-14(28)15(29)16(30)21(39-12)40-18-13(11-37-23(34)26(4,5)6)38-20(32)19(17(18)31)41-24(35)27(7,8)9/h12-21,28-32H,10-11H2,1-9H3/t12-,13-,14+,15+,16-,17+,18-,19-,20-,21+/m1/s1. The minimum absolute atomic E-state index is 0.498. The van der Waals surface area contributed by atoms with Gasteiger partial charge in [-0.25, -0.2) is 0 Å². The Morgan fingerprint density at radius 2 is 1.05 bits per heavy atom. The molecule has 0 aliphatic carbocycles. The molecular formula is C27H46O14. The van der Waals surface area contributed by atoms with Crippen molar-refractivity contribution in [2.75, 3.05) is 13.2 Å². The van der Waals surface area contributed by atoms with E-state index in [9.17, 15) is 39.9 Å². The van der Waals surface area contributed by atoms with E-state index in [1.54, 1.807) is 62.3 Å². The summed E-state index contributed by atoms with van der Waals surface area (Å²) in [5.41, 5.74) is -2.77. The van der Waals surface area contributed by atoms with Gasteiger partial charge in [0.2, 0.25) is 0 Å². The molecule has 238 valence electrons. The third kappa shape index (κ3) is 9.04. The van der Waals surface area contributed by atoms with Crippen LogP contribution < -0.4 is 0 Å². The van der Waals surface area contributed by atoms with Crippen molar-refractivity contribution in [3.8, 4) is 0 Å². The third-order valence-corrected chi connectivity index (χ3v) is 6.43. The van der Waals surface area contributed by atoms with Gasteiger partial charge in [-0.15, -0.1) is 0 Å². The summed E-state index contributed by atoms with van der Waals surface area (Å²) in [6.45, 7) is 13.4. The van der Waals surface area contributed by atoms with E-state index >= 15 is 0 Å². The lowest BCUT2D eigenvalue weighted by Crippen LogP contribution is -2.65. The fraction of sp³-hybridized carbons (Fsp3) is 0.889. The first kappa shape index (κ1) is 35.3. The lowest BCUT2D eigenvalue weighted by atomic mass is 9.95. The van der Waals surface area contributed by atoms with Gasteiger partial charge in [0.05, 0.1) is 16.2 Å². The summed E-state index contributed by atoms with van der Waals surface area (Å²) < 4.78 is 32.7. The topological polar surface area (TPSA) is 208 Å². The lowest BCUT2D eigenvalue weighted by molar-refractivity contribution is -0.356. The van der Waals surface area contributed by atoms with Crippen LogP contribution in [0.2, 0.25) is 0 Å². The van der Waals surface area contributed by atoms with E-state index in [1.165, 1.54) is 0 Å². The maximum Gasteiger partial charge on any atom is 0.311 e. The number of aliphatic hydroxyl groups excluding tert-OH is 5. The summed E-state index contributed by atoms with van der Waals surface area (Å²) in [7, 11) is 0. The molecule has 2 rings (SSSR count). The van der Waals surface area contributed by atoms with Crippen molar-refractivity contribution in [1.29, 1.82) is 0 Å². The van der Waals surface area contributed by atoms with Crippen LogP contribution in [0.1, 0.15) is 62.3 Å². The van der Waals surface area contributed by atoms with E-state index in [0.717, 1.165) is 0 Å². The summed E-state index contributed by atoms with van der Waals surface area (Å²) in [6.07, 6.45) is -16.6. The number of rotatable bonds is 7. The summed E-state index contributed by atoms with van der Waals surface area (Å²) in [5, 5.41) is 53.3. The van der Waals surface area contributed by atoms with Crippen molar-refractivity contribution in [3.05, 3.63) is 0 Å². The Hall–Kier alpha value is -1.91. The molecule has 5 N–H and O–H groups in total. The molecule has 0 saturated carbocycles. The molecule has 2 saturated heterocycles. The first-order valence-electron chi connectivity index (χ1n) is 13.5. The van der Waals surface area contributed by atoms with Gasteiger partial charge in [-0.05, 0) is 62.3 Å². The smallest absolute Gasteiger partial charge is 0.311 e. The molecule has 0 bridgehead atoms. The van der Waals surface area contributed by atoms with Gasteiger partial charge < -0.3 is 54.0 Å². The molecule has 14 nitrogen and oxygen atoms in total. The normalized spacial score (nSPS) is 35.0. The average Bonchev–Trinajstić information content (AvgIpc) is 2.83. The molecule has 0 aromatic heterocycles. The van der Waals surface area contributed by atoms with Crippen molar-refractivity contribution in [2.24, 2.45) is 16.2 Å². The molecule has 0 amide bonds. The summed E-state index contributed by atoms with van der Waals surface area (Å²) in [5.74, 6) is -2.01. The first-order chi connectivity index (χ1) is 18.6. The maximum atomic E-state index is 12.5. The number of carbonyl (C=O) groups is 3. The third-order valence-electron chi connectivity index (χ3n) is 6.43. The van der Waals surface area contributed by atoms with Crippen LogP contribution in [0.15, 0.2) is 0 Å². The molecule has 10 atom stereocenters. The van der Waals surface area contributed by atoms with Crippen molar-refractivity contribution < 1.29 is 68.3 Å². The van der Waals surface area contributed by atoms with Gasteiger partial charge in [0.1, 0.15) is 55.9 Å². The molecule has 41 heavy (non-hydrogen) atoms. The van der Waals surface area contributed by atoms with Crippen LogP contribution in [-0.2, 0) is 42.8 Å². The molecule has 2 heterocycles. The zero-order chi connectivity index (χ0) is 31.7. The van der Waals surface area contributed by atoms with Crippen molar-refractivity contribution >= 4 is 17.9 Å². The highest BCUT2D eigenvalue weighted by atomic mass is 16.7. The van der Waals surface area contributed by atoms with Gasteiger partial charge in [-0.1, -0.05) is 0 Å². The van der Waals surface area contributed by atoms with Gasteiger partial charge in [-0.3, -0.25) is 14.4 Å². The van der Waals surface area contributed by atoms with Crippen LogP contribution in [-0.4, -0.2) is 118 Å². The summed E-state index contributed by atoms with van der Waals surface area (Å²) >= 11 is 0. The number of hydrogen-bond acceptors (Lipinski definition) is 14. The van der Waals surface area contributed by atoms with Crippen LogP contribution >= 0.6 is 0 Å². The summed E-state index contributed by atoms with van der Waals surface area (Å²) in [6, 6.07) is 0. The number of ether oxygens (including phenoxy) is 6. The second-order valence-corrected chi connectivity index (χ2v) is 13.5. The van der Waals surface area contributed by atoms with E-state index in [2.05, 4.69) is 0 Å². The molecular weight excluding hydrogens is 548 g/mol. The predicted octanol–water partition coefficient (Wildman–Crippen LogP) is -0.606. The Bertz CT molecular complexity index is 914. The molecule has 0 unspecified atom stereocenters. The van der Waals surface area contributed by atoms with E-state index in [4.69, 9.17) is 28.4 Å². The SMILES string of the molecule is CC(C)(C)C(=O)OC[C@H]1O[C@@H](O[C@H]2[C@H](O)[C@@H](OC(=O)C(C)(C)C)[C@H](O)O[C@@H]2COC(=O)C(C)(C)C)[C@H](O)[C@@H](O)[C@H]1O. The molecule has 0 aromatic rings. The number of hydrogen-bond donors (Lipinski definition) is 5. The predicted molar refractivity (Wildman–Crippen MR) is 139 cm³/mol. The highest BCUT2D eigenvalue weighted by molar-refractivity contribution is 5.76. The van der Waals surface area contributed by atoms with Crippen LogP contribution in [0.25, 0.3) is 0 Å². The van der Waals surface area contributed by atoms with Crippen LogP contribution in [0, 0.1) is 16.2 Å². The molecule has 2 aliphatic rings. The Kier molecular flexibility index (Phi) is 11.3. The minimum atomic E-state index is -1.85. The zero-order valence-corrected chi connectivity index (χ0v) is 25.1. The first-order valence-corrected chi connectivity index (χ1v) is 13.5. The zero-order valence-electron chi connectivity index (χ0n) is 25.1. The lowest BCUT2D eigenvalue weighted by Gasteiger charge is -2.46. The number of carbonyl (C=O) groups excluding carboxylic acids is 3. The van der Waals surface area contributed by atoms with E-state index in [0.29, 0.717) is 0 Å². The minimum Gasteiger partial charge on any atom is -0.462 e. The fourth-order valence-corrected chi connectivity index (χ4v) is 3.71. The Morgan fingerprint density at radius 1 is 0.585 bits per heavy atom. The van der Waals surface area contributed by atoms with Crippen LogP contribution in [0.3, 0.4) is 0 Å². The Labute approximate surface area is 239 Å². The molecule has 0 radical (unpaired) electrons. The number of esters is 3. The van der Waals surface area contributed by atoms with Crippen LogP contribution in [0.4, 0.5) is 0 Å². The van der Waals surface area contributed by atoms with Crippen molar-refractivity contribution in [2.45, 2.75) is 124 Å². The van der Waals surface area contributed by atoms with E-state index < -0.39 is 109 Å². The van der Waals surface area contributed by atoms with Gasteiger partial charge in [0, 0.05) is 0 Å². The monoisotopic (exact) mass is 594 g/mol. The fourth-order valence-electron chi connectivity index (χ4n) is 3.71. The Balaban J connectivity index is 2.31. The second-order valence-electron chi connectivity index (χ2n) is 13.5. The molecule has 2 aliphatic heterocycles. The van der Waals surface area contributed by atoms with Gasteiger partial charge in [-0.2, -0.15) is 0 Å². The maximum absolute atomic E-state index is 12.5. The summed E-state index contributed by atoms with van der Waals surface area (Å²) in [4.78, 5) is 37.1. The van der Waals surface area contributed by atoms with E-state index in [1.807, 2.05) is 0 Å². The highest BCUT2D eigenvalue weighted by Crippen LogP contribution is 2.32. The van der Waals surface area contributed by atoms with Crippen molar-refractivity contribution in [3.63, 3.8) is 0 Å². The van der Waals surface area contributed by atoms with Gasteiger partial charge >= 0.3 is 17.9 Å².